The van der Waals surface area contributed by atoms with Crippen molar-refractivity contribution >= 4 is 17.7 Å². The summed E-state index contributed by atoms with van der Waals surface area (Å²) in [6.45, 7) is 7.72. The highest BCUT2D eigenvalue weighted by Crippen LogP contribution is 2.22. The van der Waals surface area contributed by atoms with E-state index in [9.17, 15) is 14.4 Å². The molecular weight excluding hydrogens is 306 g/mol. The van der Waals surface area contributed by atoms with Crippen LogP contribution in [0.4, 0.5) is 0 Å². The van der Waals surface area contributed by atoms with E-state index >= 15 is 0 Å². The monoisotopic (exact) mass is 331 g/mol. The second-order valence-electron chi connectivity index (χ2n) is 7.00. The first-order valence-corrected chi connectivity index (χ1v) is 8.20. The van der Waals surface area contributed by atoms with Gasteiger partial charge in [-0.05, 0) is 23.1 Å². The second kappa shape index (κ2) is 7.47. The number of hydrogen-bond acceptors (Lipinski definition) is 3. The van der Waals surface area contributed by atoms with Gasteiger partial charge in [-0.15, -0.1) is 0 Å². The Kier molecular flexibility index (Phi) is 5.59. The van der Waals surface area contributed by atoms with Crippen LogP contribution in [0.15, 0.2) is 24.3 Å². The van der Waals surface area contributed by atoms with Gasteiger partial charge >= 0.3 is 0 Å². The maximum absolute atomic E-state index is 12.1. The van der Waals surface area contributed by atoms with Crippen molar-refractivity contribution in [2.75, 3.05) is 26.2 Å². The Morgan fingerprint density at radius 2 is 1.88 bits per heavy atom. The highest BCUT2D eigenvalue weighted by atomic mass is 16.2. The Morgan fingerprint density at radius 3 is 2.46 bits per heavy atom. The van der Waals surface area contributed by atoms with E-state index in [-0.39, 0.29) is 42.6 Å². The molecule has 24 heavy (non-hydrogen) atoms. The molecule has 0 radical (unpaired) electrons. The largest absolute Gasteiger partial charge is 0.353 e. The molecule has 1 heterocycles. The normalized spacial score (nSPS) is 15.0. The van der Waals surface area contributed by atoms with E-state index in [2.05, 4.69) is 31.4 Å². The Labute approximate surface area is 142 Å². The van der Waals surface area contributed by atoms with Crippen LogP contribution in [0.2, 0.25) is 0 Å². The summed E-state index contributed by atoms with van der Waals surface area (Å²) in [7, 11) is 0. The molecule has 0 aliphatic carbocycles. The van der Waals surface area contributed by atoms with Crippen molar-refractivity contribution in [3.05, 3.63) is 35.4 Å². The number of benzene rings is 1. The topological polar surface area (TPSA) is 78.5 Å². The minimum Gasteiger partial charge on any atom is -0.353 e. The van der Waals surface area contributed by atoms with E-state index in [0.29, 0.717) is 18.7 Å². The van der Waals surface area contributed by atoms with Crippen molar-refractivity contribution in [2.45, 2.75) is 32.6 Å². The maximum Gasteiger partial charge on any atom is 0.251 e. The summed E-state index contributed by atoms with van der Waals surface area (Å²) in [5.74, 6) is -0.453. The van der Waals surface area contributed by atoms with Crippen LogP contribution in [0, 0.1) is 0 Å². The molecule has 1 aromatic rings. The van der Waals surface area contributed by atoms with Gasteiger partial charge in [-0.2, -0.15) is 0 Å². The lowest BCUT2D eigenvalue weighted by Crippen LogP contribution is -2.50. The maximum atomic E-state index is 12.1. The number of nitrogens with one attached hydrogen (secondary N) is 2. The lowest BCUT2D eigenvalue weighted by atomic mass is 9.87. The van der Waals surface area contributed by atoms with Gasteiger partial charge < -0.3 is 15.5 Å². The first-order chi connectivity index (χ1) is 11.3. The van der Waals surface area contributed by atoms with Crippen molar-refractivity contribution in [2.24, 2.45) is 0 Å². The standard InChI is InChI=1S/C18H25N3O3/c1-18(2,3)14-6-4-13(5-7-14)17(24)20-9-8-16(23)21-11-10-19-15(22)12-21/h4-7H,8-12H2,1-3H3,(H,19,22)(H,20,24). The zero-order valence-corrected chi connectivity index (χ0v) is 14.5. The van der Waals surface area contributed by atoms with Crippen LogP contribution < -0.4 is 10.6 Å². The minimum atomic E-state index is -0.195. The fraction of sp³-hybridized carbons (Fsp3) is 0.500. The van der Waals surface area contributed by atoms with E-state index in [1.807, 2.05) is 12.1 Å². The molecule has 0 unspecified atom stereocenters. The Morgan fingerprint density at radius 1 is 1.21 bits per heavy atom. The van der Waals surface area contributed by atoms with E-state index < -0.39 is 0 Å². The van der Waals surface area contributed by atoms with Gasteiger partial charge in [0.1, 0.15) is 0 Å². The minimum absolute atomic E-state index is 0.0438. The summed E-state index contributed by atoms with van der Waals surface area (Å²) in [6.07, 6.45) is 0.194. The molecule has 6 nitrogen and oxygen atoms in total. The smallest absolute Gasteiger partial charge is 0.251 e. The van der Waals surface area contributed by atoms with Crippen LogP contribution in [0.5, 0.6) is 0 Å². The molecule has 1 aliphatic heterocycles. The van der Waals surface area contributed by atoms with Crippen molar-refractivity contribution in [3.63, 3.8) is 0 Å². The Bertz CT molecular complexity index is 617. The molecule has 1 fully saturated rings. The molecule has 130 valence electrons. The first-order valence-electron chi connectivity index (χ1n) is 8.20. The van der Waals surface area contributed by atoms with Crippen LogP contribution in [0.25, 0.3) is 0 Å². The number of carbonyl (C=O) groups is 3. The molecule has 0 atom stereocenters. The van der Waals surface area contributed by atoms with Crippen LogP contribution in [0.1, 0.15) is 43.1 Å². The van der Waals surface area contributed by atoms with Crippen LogP contribution in [-0.2, 0) is 15.0 Å². The number of rotatable bonds is 4. The lowest BCUT2D eigenvalue weighted by molar-refractivity contribution is -0.138. The Balaban J connectivity index is 1.80. The lowest BCUT2D eigenvalue weighted by Gasteiger charge is -2.26. The predicted octanol–water partition coefficient (Wildman–Crippen LogP) is 1.06. The fourth-order valence-electron chi connectivity index (χ4n) is 2.52. The van der Waals surface area contributed by atoms with Crippen molar-refractivity contribution < 1.29 is 14.4 Å². The summed E-state index contributed by atoms with van der Waals surface area (Å²) in [6, 6.07) is 7.50. The molecule has 3 amide bonds. The summed E-state index contributed by atoms with van der Waals surface area (Å²) in [4.78, 5) is 36.9. The van der Waals surface area contributed by atoms with Gasteiger partial charge in [0.25, 0.3) is 5.91 Å². The van der Waals surface area contributed by atoms with E-state index in [1.165, 1.54) is 4.90 Å². The average molecular weight is 331 g/mol. The summed E-state index contributed by atoms with van der Waals surface area (Å²) >= 11 is 0. The molecule has 0 aromatic heterocycles. The SMILES string of the molecule is CC(C)(C)c1ccc(C(=O)NCCC(=O)N2CCNC(=O)C2)cc1. The van der Waals surface area contributed by atoms with Crippen molar-refractivity contribution in [1.82, 2.24) is 15.5 Å². The third kappa shape index (κ3) is 4.81. The third-order valence-corrected chi connectivity index (χ3v) is 4.03. The van der Waals surface area contributed by atoms with E-state index in [1.54, 1.807) is 12.1 Å². The van der Waals surface area contributed by atoms with Crippen molar-refractivity contribution in [1.29, 1.82) is 0 Å². The molecule has 0 bridgehead atoms. The molecule has 1 aliphatic rings. The number of hydrogen-bond donors (Lipinski definition) is 2. The van der Waals surface area contributed by atoms with Gasteiger partial charge in [0.15, 0.2) is 0 Å². The summed E-state index contributed by atoms with van der Waals surface area (Å²) < 4.78 is 0. The van der Waals surface area contributed by atoms with Gasteiger partial charge in [-0.3, -0.25) is 14.4 Å². The third-order valence-electron chi connectivity index (χ3n) is 4.03. The van der Waals surface area contributed by atoms with Gasteiger partial charge in [-0.25, -0.2) is 0 Å². The molecule has 1 aromatic carbocycles. The molecular formula is C18H25N3O3. The number of amides is 3. The van der Waals surface area contributed by atoms with Crippen molar-refractivity contribution in [3.8, 4) is 0 Å². The van der Waals surface area contributed by atoms with Crippen LogP contribution >= 0.6 is 0 Å². The molecule has 2 rings (SSSR count). The van der Waals surface area contributed by atoms with E-state index in [4.69, 9.17) is 0 Å². The Hall–Kier alpha value is -2.37. The predicted molar refractivity (Wildman–Crippen MR) is 91.7 cm³/mol. The number of nitrogens with zero attached hydrogens (tertiary/aromatic N) is 1. The zero-order chi connectivity index (χ0) is 17.7. The molecule has 6 heteroatoms. The van der Waals surface area contributed by atoms with Gasteiger partial charge in [0.2, 0.25) is 11.8 Å². The molecule has 1 saturated heterocycles. The fourth-order valence-corrected chi connectivity index (χ4v) is 2.52. The zero-order valence-electron chi connectivity index (χ0n) is 14.5. The van der Waals surface area contributed by atoms with Crippen LogP contribution in [0.3, 0.4) is 0 Å². The first kappa shape index (κ1) is 18.0. The van der Waals surface area contributed by atoms with Crippen LogP contribution in [-0.4, -0.2) is 48.8 Å². The molecule has 0 spiro atoms. The molecule has 2 N–H and O–H groups in total. The van der Waals surface area contributed by atoms with E-state index in [0.717, 1.165) is 5.56 Å². The second-order valence-corrected chi connectivity index (χ2v) is 7.00. The average Bonchev–Trinajstić information content (AvgIpc) is 2.54. The van der Waals surface area contributed by atoms with Gasteiger partial charge in [0, 0.05) is 31.6 Å². The summed E-state index contributed by atoms with van der Waals surface area (Å²) in [5.41, 5.74) is 1.78. The number of carbonyl (C=O) groups excluding carboxylic acids is 3. The summed E-state index contributed by atoms with van der Waals surface area (Å²) in [5, 5.41) is 5.43. The number of piperazine rings is 1. The highest BCUT2D eigenvalue weighted by Gasteiger charge is 2.20. The van der Waals surface area contributed by atoms with Gasteiger partial charge in [0.05, 0.1) is 6.54 Å². The quantitative estimate of drug-likeness (QED) is 0.866. The van der Waals surface area contributed by atoms with Gasteiger partial charge in [-0.1, -0.05) is 32.9 Å². The highest BCUT2D eigenvalue weighted by molar-refractivity contribution is 5.94. The molecule has 0 saturated carbocycles.